The molecule has 66 valence electrons. The maximum Gasteiger partial charge on any atom is 0.291 e. The van der Waals surface area contributed by atoms with Crippen molar-refractivity contribution >= 4 is 24.7 Å². The second-order valence-electron chi connectivity index (χ2n) is 2.72. The van der Waals surface area contributed by atoms with E-state index in [2.05, 4.69) is 0 Å². The van der Waals surface area contributed by atoms with Crippen LogP contribution in [-0.2, 0) is 6.42 Å². The minimum absolute atomic E-state index is 0.130. The van der Waals surface area contributed by atoms with E-state index in [0.717, 1.165) is 5.56 Å². The van der Waals surface area contributed by atoms with E-state index in [1.54, 1.807) is 6.07 Å². The number of nitro groups is 1. The molecule has 2 radical (unpaired) electrons. The van der Waals surface area contributed by atoms with Gasteiger partial charge in [0, 0.05) is 6.07 Å². The van der Waals surface area contributed by atoms with Crippen LogP contribution in [0.2, 0.25) is 0 Å². The van der Waals surface area contributed by atoms with Crippen LogP contribution in [0.4, 0.5) is 11.4 Å². The van der Waals surface area contributed by atoms with Gasteiger partial charge in [-0.15, -0.1) is 0 Å². The minimum atomic E-state index is -0.537. The lowest BCUT2D eigenvalue weighted by Crippen LogP contribution is -2.12. The van der Waals surface area contributed by atoms with Crippen molar-refractivity contribution in [2.75, 3.05) is 5.73 Å². The van der Waals surface area contributed by atoms with Crippen LogP contribution < -0.4 is 11.2 Å². The number of aryl methyl sites for hydroxylation is 1. The van der Waals surface area contributed by atoms with Gasteiger partial charge >= 0.3 is 0 Å². The Hall–Kier alpha value is -1.52. The van der Waals surface area contributed by atoms with Gasteiger partial charge in [-0.25, -0.2) is 0 Å². The molecule has 1 aromatic carbocycles. The molecule has 0 spiro atoms. The van der Waals surface area contributed by atoms with E-state index in [9.17, 15) is 10.1 Å². The number of nitro benzene ring substituents is 1. The summed E-state index contributed by atoms with van der Waals surface area (Å²) in [5.41, 5.74) is 6.76. The summed E-state index contributed by atoms with van der Waals surface area (Å²) < 4.78 is 0. The lowest BCUT2D eigenvalue weighted by Gasteiger charge is -2.04. The molecular formula is C8H9BN2O2. The van der Waals surface area contributed by atoms with Gasteiger partial charge in [-0.3, -0.25) is 10.1 Å². The van der Waals surface area contributed by atoms with E-state index < -0.39 is 4.92 Å². The highest BCUT2D eigenvalue weighted by Gasteiger charge is 2.12. The van der Waals surface area contributed by atoms with E-state index in [4.69, 9.17) is 13.6 Å². The van der Waals surface area contributed by atoms with Crippen molar-refractivity contribution in [1.29, 1.82) is 0 Å². The standard InChI is InChI=1S/C8H9BN2O2/c1-2-5-3-7(10)8(11(12)13)4-6(5)9/h3-4H,2,10H2,1H3. The van der Waals surface area contributed by atoms with Gasteiger partial charge in [0.25, 0.3) is 5.69 Å². The first-order chi connectivity index (χ1) is 6.06. The lowest BCUT2D eigenvalue weighted by molar-refractivity contribution is -0.383. The summed E-state index contributed by atoms with van der Waals surface area (Å²) >= 11 is 0. The number of nitrogens with zero attached hydrogens (tertiary/aromatic N) is 1. The summed E-state index contributed by atoms with van der Waals surface area (Å²) in [5, 5.41) is 10.4. The van der Waals surface area contributed by atoms with Gasteiger partial charge in [0.15, 0.2) is 0 Å². The molecule has 0 atom stereocenters. The third kappa shape index (κ3) is 1.80. The molecule has 1 aromatic rings. The molecule has 13 heavy (non-hydrogen) atoms. The maximum absolute atomic E-state index is 10.4. The SMILES string of the molecule is [B]c1cc([N+](=O)[O-])c(N)cc1CC. The zero-order valence-corrected chi connectivity index (χ0v) is 7.28. The molecular weight excluding hydrogens is 167 g/mol. The third-order valence-corrected chi connectivity index (χ3v) is 1.87. The predicted octanol–water partition coefficient (Wildman–Crippen LogP) is 0.533. The van der Waals surface area contributed by atoms with E-state index in [-0.39, 0.29) is 11.4 Å². The molecule has 0 aliphatic rings. The Morgan fingerprint density at radius 1 is 1.62 bits per heavy atom. The zero-order chi connectivity index (χ0) is 10.0. The highest BCUT2D eigenvalue weighted by molar-refractivity contribution is 6.33. The second kappa shape index (κ2) is 3.47. The van der Waals surface area contributed by atoms with Crippen LogP contribution in [0.25, 0.3) is 0 Å². The van der Waals surface area contributed by atoms with Crippen molar-refractivity contribution in [3.05, 3.63) is 27.8 Å². The summed E-state index contributed by atoms with van der Waals surface area (Å²) in [5.74, 6) is 0. The summed E-state index contributed by atoms with van der Waals surface area (Å²) in [6.07, 6.45) is 0.716. The summed E-state index contributed by atoms with van der Waals surface area (Å²) in [7, 11) is 5.58. The molecule has 0 bridgehead atoms. The minimum Gasteiger partial charge on any atom is -0.393 e. The van der Waals surface area contributed by atoms with E-state index >= 15 is 0 Å². The number of nitrogen functional groups attached to an aromatic ring is 1. The summed E-state index contributed by atoms with van der Waals surface area (Å²) in [6.45, 7) is 1.91. The third-order valence-electron chi connectivity index (χ3n) is 1.87. The van der Waals surface area contributed by atoms with Crippen molar-refractivity contribution in [1.82, 2.24) is 0 Å². The quantitative estimate of drug-likeness (QED) is 0.309. The Balaban J connectivity index is 3.28. The number of hydrogen-bond acceptors (Lipinski definition) is 3. The molecule has 1 rings (SSSR count). The summed E-state index contributed by atoms with van der Waals surface area (Å²) in [4.78, 5) is 9.91. The fourth-order valence-corrected chi connectivity index (χ4v) is 1.13. The smallest absolute Gasteiger partial charge is 0.291 e. The lowest BCUT2D eigenvalue weighted by atomic mass is 9.88. The summed E-state index contributed by atoms with van der Waals surface area (Å²) in [6, 6.07) is 2.85. The number of rotatable bonds is 2. The van der Waals surface area contributed by atoms with Crippen LogP contribution in [0.15, 0.2) is 12.1 Å². The molecule has 2 N–H and O–H groups in total. The molecule has 0 unspecified atom stereocenters. The van der Waals surface area contributed by atoms with Crippen LogP contribution in [0.1, 0.15) is 12.5 Å². The van der Waals surface area contributed by atoms with Gasteiger partial charge in [0.2, 0.25) is 0 Å². The molecule has 0 saturated heterocycles. The first kappa shape index (κ1) is 9.57. The Morgan fingerprint density at radius 2 is 2.23 bits per heavy atom. The molecule has 0 aromatic heterocycles. The Labute approximate surface area is 77.3 Å². The molecule has 5 heteroatoms. The second-order valence-corrected chi connectivity index (χ2v) is 2.72. The van der Waals surface area contributed by atoms with Crippen molar-refractivity contribution in [3.8, 4) is 0 Å². The number of benzene rings is 1. The van der Waals surface area contributed by atoms with Gasteiger partial charge in [-0.2, -0.15) is 0 Å². The zero-order valence-electron chi connectivity index (χ0n) is 7.28. The Bertz CT molecular complexity index is 352. The van der Waals surface area contributed by atoms with Gasteiger partial charge in [-0.1, -0.05) is 17.9 Å². The van der Waals surface area contributed by atoms with Gasteiger partial charge in [-0.05, 0) is 12.5 Å². The van der Waals surface area contributed by atoms with Gasteiger partial charge in [0.1, 0.15) is 13.5 Å². The Kier molecular flexibility index (Phi) is 2.56. The number of anilines is 1. The van der Waals surface area contributed by atoms with E-state index in [1.807, 2.05) is 6.92 Å². The largest absolute Gasteiger partial charge is 0.393 e. The predicted molar refractivity (Wildman–Crippen MR) is 52.3 cm³/mol. The van der Waals surface area contributed by atoms with Crippen LogP contribution >= 0.6 is 0 Å². The first-order valence-electron chi connectivity index (χ1n) is 3.88. The molecule has 0 heterocycles. The average molecular weight is 176 g/mol. The van der Waals surface area contributed by atoms with Crippen LogP contribution in [0, 0.1) is 10.1 Å². The fraction of sp³-hybridized carbons (Fsp3) is 0.250. The van der Waals surface area contributed by atoms with Gasteiger partial charge < -0.3 is 5.73 Å². The topological polar surface area (TPSA) is 69.2 Å². The number of hydrogen-bond donors (Lipinski definition) is 1. The van der Waals surface area contributed by atoms with Crippen molar-refractivity contribution in [3.63, 3.8) is 0 Å². The first-order valence-corrected chi connectivity index (χ1v) is 3.88. The van der Waals surface area contributed by atoms with Crippen molar-refractivity contribution in [2.24, 2.45) is 0 Å². The number of nitrogens with two attached hydrogens (primary N) is 1. The monoisotopic (exact) mass is 176 g/mol. The Morgan fingerprint density at radius 3 is 2.69 bits per heavy atom. The highest BCUT2D eigenvalue weighted by atomic mass is 16.6. The molecule has 0 amide bonds. The highest BCUT2D eigenvalue weighted by Crippen LogP contribution is 2.20. The fourth-order valence-electron chi connectivity index (χ4n) is 1.13. The molecule has 0 saturated carbocycles. The van der Waals surface area contributed by atoms with Crippen molar-refractivity contribution < 1.29 is 4.92 Å². The normalized spacial score (nSPS) is 9.92. The average Bonchev–Trinajstić information content (AvgIpc) is 2.07. The van der Waals surface area contributed by atoms with Crippen molar-refractivity contribution in [2.45, 2.75) is 13.3 Å². The van der Waals surface area contributed by atoms with Crippen LogP contribution in [0.3, 0.4) is 0 Å². The molecule has 0 fully saturated rings. The van der Waals surface area contributed by atoms with Crippen LogP contribution in [0.5, 0.6) is 0 Å². The van der Waals surface area contributed by atoms with Crippen LogP contribution in [-0.4, -0.2) is 12.8 Å². The van der Waals surface area contributed by atoms with E-state index in [1.165, 1.54) is 6.07 Å². The van der Waals surface area contributed by atoms with E-state index in [0.29, 0.717) is 11.9 Å². The maximum atomic E-state index is 10.4. The molecule has 0 aliphatic heterocycles. The molecule has 0 aliphatic carbocycles. The van der Waals surface area contributed by atoms with Gasteiger partial charge in [0.05, 0.1) is 4.92 Å². The molecule has 4 nitrogen and oxygen atoms in total.